The number of halogens is 13. The number of carbonyl (C=O) groups excluding carboxylic acids is 2. The van der Waals surface area contributed by atoms with Crippen molar-refractivity contribution in [3.05, 3.63) is 30.1 Å². The van der Waals surface area contributed by atoms with Crippen molar-refractivity contribution >= 4 is 11.9 Å². The Morgan fingerprint density at radius 2 is 1.27 bits per heavy atom. The van der Waals surface area contributed by atoms with Crippen LogP contribution in [-0.4, -0.2) is 65.7 Å². The number of benzene rings is 1. The van der Waals surface area contributed by atoms with Gasteiger partial charge in [0.2, 0.25) is 0 Å². The molecule has 2 rings (SSSR count). The first-order chi connectivity index (χ1) is 18.0. The van der Waals surface area contributed by atoms with Gasteiger partial charge in [0.1, 0.15) is 11.6 Å². The standard InChI is InChI=1S/C21H17F13O6/c22-11-4-6-12(7-5-11)39-15(36)17(20(29,30)31,21(32,33)34)40-13-3-1-2-10(8-13)9-38-14(35)16(37,18(23,24)25)19(26,27)28/h4-7,10,13,37H,1-3,8-9H2. The summed E-state index contributed by atoms with van der Waals surface area (Å²) in [6.45, 7) is -1.39. The predicted molar refractivity (Wildman–Crippen MR) is 102 cm³/mol. The van der Waals surface area contributed by atoms with Crippen LogP contribution in [0.3, 0.4) is 0 Å². The van der Waals surface area contributed by atoms with E-state index in [0.29, 0.717) is 24.3 Å². The number of esters is 2. The molecule has 1 aromatic carbocycles. The van der Waals surface area contributed by atoms with E-state index in [-0.39, 0.29) is 12.8 Å². The number of alkyl halides is 12. The minimum atomic E-state index is -6.59. The zero-order valence-corrected chi connectivity index (χ0v) is 19.4. The van der Waals surface area contributed by atoms with Crippen LogP contribution in [0.4, 0.5) is 57.1 Å². The van der Waals surface area contributed by atoms with Crippen LogP contribution >= 0.6 is 0 Å². The molecule has 0 amide bonds. The molecule has 0 heterocycles. The highest BCUT2D eigenvalue weighted by Crippen LogP contribution is 2.49. The summed E-state index contributed by atoms with van der Waals surface area (Å²) >= 11 is 0. The van der Waals surface area contributed by atoms with Crippen molar-refractivity contribution in [2.24, 2.45) is 5.92 Å². The van der Waals surface area contributed by atoms with E-state index in [1.807, 2.05) is 0 Å². The van der Waals surface area contributed by atoms with Crippen LogP contribution in [0, 0.1) is 11.7 Å². The van der Waals surface area contributed by atoms with Gasteiger partial charge in [-0.25, -0.2) is 14.0 Å². The summed E-state index contributed by atoms with van der Waals surface area (Å²) in [6.07, 6.45) is -30.5. The van der Waals surface area contributed by atoms with Crippen LogP contribution in [0.2, 0.25) is 0 Å². The molecule has 0 radical (unpaired) electrons. The summed E-state index contributed by atoms with van der Waals surface area (Å²) < 4.78 is 185. The molecule has 19 heteroatoms. The van der Waals surface area contributed by atoms with Crippen molar-refractivity contribution in [3.8, 4) is 5.75 Å². The Morgan fingerprint density at radius 3 is 1.73 bits per heavy atom. The van der Waals surface area contributed by atoms with Gasteiger partial charge in [0, 0.05) is 0 Å². The van der Waals surface area contributed by atoms with E-state index in [0.717, 1.165) is 0 Å². The maximum atomic E-state index is 13.8. The summed E-state index contributed by atoms with van der Waals surface area (Å²) in [6, 6.07) is 2.19. The van der Waals surface area contributed by atoms with Gasteiger partial charge in [-0.2, -0.15) is 52.7 Å². The predicted octanol–water partition coefficient (Wildman–Crippen LogP) is 5.57. The molecule has 2 unspecified atom stereocenters. The van der Waals surface area contributed by atoms with E-state index in [2.05, 4.69) is 14.2 Å². The lowest BCUT2D eigenvalue weighted by molar-refractivity contribution is -0.377. The number of aliphatic hydroxyl groups is 1. The first-order valence-corrected chi connectivity index (χ1v) is 10.8. The van der Waals surface area contributed by atoms with Crippen molar-refractivity contribution in [3.63, 3.8) is 0 Å². The van der Waals surface area contributed by atoms with Gasteiger partial charge in [0.25, 0.3) is 0 Å². The summed E-state index contributed by atoms with van der Waals surface area (Å²) in [4.78, 5) is 23.8. The molecule has 2 atom stereocenters. The molecule has 1 aromatic rings. The molecule has 40 heavy (non-hydrogen) atoms. The molecule has 0 spiro atoms. The van der Waals surface area contributed by atoms with Crippen LogP contribution in [0.25, 0.3) is 0 Å². The molecule has 0 aromatic heterocycles. The monoisotopic (exact) mass is 612 g/mol. The molecule has 1 fully saturated rings. The molecular formula is C21H17F13O6. The third-order valence-corrected chi connectivity index (χ3v) is 5.75. The fourth-order valence-electron chi connectivity index (χ4n) is 3.70. The number of ether oxygens (including phenoxy) is 3. The lowest BCUT2D eigenvalue weighted by Crippen LogP contribution is -2.66. The number of hydrogen-bond acceptors (Lipinski definition) is 6. The molecule has 1 aliphatic rings. The largest absolute Gasteiger partial charge is 0.463 e. The second-order valence-corrected chi connectivity index (χ2v) is 8.60. The highest BCUT2D eigenvalue weighted by molar-refractivity contribution is 5.84. The smallest absolute Gasteiger partial charge is 0.437 e. The van der Waals surface area contributed by atoms with E-state index in [1.54, 1.807) is 0 Å². The maximum Gasteiger partial charge on any atom is 0.437 e. The molecule has 228 valence electrons. The third kappa shape index (κ3) is 6.55. The molecule has 1 aliphatic carbocycles. The second kappa shape index (κ2) is 11.2. The fourth-order valence-corrected chi connectivity index (χ4v) is 3.70. The first kappa shape index (κ1) is 33.4. The van der Waals surface area contributed by atoms with Gasteiger partial charge >= 0.3 is 47.8 Å². The molecule has 6 nitrogen and oxygen atoms in total. The SMILES string of the molecule is O=C(OCC1CCCC(OC(C(=O)Oc2ccc(F)cc2)(C(F)(F)F)C(F)(F)F)C1)C(O)(C(F)(F)F)C(F)(F)F. The van der Waals surface area contributed by atoms with Crippen LogP contribution in [0.1, 0.15) is 25.7 Å². The minimum absolute atomic E-state index is 0.269. The Labute approximate surface area is 215 Å². The van der Waals surface area contributed by atoms with Crippen LogP contribution in [0.5, 0.6) is 5.75 Å². The molecule has 0 aliphatic heterocycles. The zero-order valence-electron chi connectivity index (χ0n) is 19.4. The van der Waals surface area contributed by atoms with E-state index >= 15 is 0 Å². The topological polar surface area (TPSA) is 82.1 Å². The van der Waals surface area contributed by atoms with Gasteiger partial charge in [-0.1, -0.05) is 6.42 Å². The fraction of sp³-hybridized carbons (Fsp3) is 0.619. The maximum absolute atomic E-state index is 13.8. The van der Waals surface area contributed by atoms with Crippen LogP contribution in [-0.2, 0) is 19.1 Å². The number of hydrogen-bond donors (Lipinski definition) is 1. The average molecular weight is 612 g/mol. The average Bonchev–Trinajstić information content (AvgIpc) is 2.79. The van der Waals surface area contributed by atoms with Gasteiger partial charge in [0.05, 0.1) is 12.7 Å². The molecule has 1 saturated carbocycles. The Morgan fingerprint density at radius 1 is 0.775 bits per heavy atom. The van der Waals surface area contributed by atoms with Gasteiger partial charge in [-0.15, -0.1) is 0 Å². The van der Waals surface area contributed by atoms with Crippen LogP contribution in [0.15, 0.2) is 24.3 Å². The van der Waals surface area contributed by atoms with Crippen molar-refractivity contribution in [1.82, 2.24) is 0 Å². The van der Waals surface area contributed by atoms with Gasteiger partial charge in [-0.05, 0) is 49.4 Å². The first-order valence-electron chi connectivity index (χ1n) is 10.8. The molecule has 0 saturated heterocycles. The van der Waals surface area contributed by atoms with Crippen molar-refractivity contribution in [1.29, 1.82) is 0 Å². The summed E-state index contributed by atoms with van der Waals surface area (Å²) in [5.74, 6) is -9.60. The summed E-state index contributed by atoms with van der Waals surface area (Å²) in [5, 5.41) is 8.99. The third-order valence-electron chi connectivity index (χ3n) is 5.75. The lowest BCUT2D eigenvalue weighted by Gasteiger charge is -2.39. The van der Waals surface area contributed by atoms with Crippen molar-refractivity contribution in [2.45, 2.75) is 67.7 Å². The molecule has 0 bridgehead atoms. The van der Waals surface area contributed by atoms with Crippen LogP contribution < -0.4 is 4.74 Å². The molecule has 1 N–H and O–H groups in total. The van der Waals surface area contributed by atoms with Gasteiger partial charge < -0.3 is 19.3 Å². The van der Waals surface area contributed by atoms with Crippen molar-refractivity contribution in [2.75, 3.05) is 6.61 Å². The highest BCUT2D eigenvalue weighted by Gasteiger charge is 2.79. The quantitative estimate of drug-likeness (QED) is 0.247. The Balaban J connectivity index is 2.28. The minimum Gasteiger partial charge on any atom is -0.463 e. The van der Waals surface area contributed by atoms with Crippen molar-refractivity contribution < 1.29 is 86.0 Å². The van der Waals surface area contributed by atoms with E-state index in [4.69, 9.17) is 5.11 Å². The Kier molecular flexibility index (Phi) is 9.36. The Bertz CT molecular complexity index is 1020. The second-order valence-electron chi connectivity index (χ2n) is 8.60. The number of carbonyl (C=O) groups is 2. The zero-order chi connectivity index (χ0) is 30.9. The van der Waals surface area contributed by atoms with E-state index in [9.17, 15) is 66.7 Å². The highest BCUT2D eigenvalue weighted by atomic mass is 19.4. The van der Waals surface area contributed by atoms with Gasteiger partial charge in [0.15, 0.2) is 0 Å². The van der Waals surface area contributed by atoms with E-state index < -0.39 is 90.9 Å². The summed E-state index contributed by atoms with van der Waals surface area (Å²) in [5.41, 5.74) is -11.6. The number of rotatable bonds is 7. The summed E-state index contributed by atoms with van der Waals surface area (Å²) in [7, 11) is 0. The van der Waals surface area contributed by atoms with E-state index in [1.165, 1.54) is 0 Å². The Hall–Kier alpha value is -2.83. The van der Waals surface area contributed by atoms with Gasteiger partial charge in [-0.3, -0.25) is 0 Å². The molecular weight excluding hydrogens is 595 g/mol. The lowest BCUT2D eigenvalue weighted by atomic mass is 9.87. The normalized spacial score (nSPS) is 19.8.